The highest BCUT2D eigenvalue weighted by molar-refractivity contribution is 7.89. The summed E-state index contributed by atoms with van der Waals surface area (Å²) >= 11 is 0. The van der Waals surface area contributed by atoms with Gasteiger partial charge in [0.2, 0.25) is 10.0 Å². The fourth-order valence-corrected chi connectivity index (χ4v) is 6.62. The summed E-state index contributed by atoms with van der Waals surface area (Å²) in [7, 11) is -3.75. The molecule has 0 aliphatic rings. The number of aryl methyl sites for hydroxylation is 1. The molecule has 0 radical (unpaired) electrons. The Morgan fingerprint density at radius 1 is 0.972 bits per heavy atom. The van der Waals surface area contributed by atoms with Gasteiger partial charge in [-0.3, -0.25) is 0 Å². The molecule has 8 heteroatoms. The molecule has 36 heavy (non-hydrogen) atoms. The molecular weight excluding hydrogens is 472 g/mol. The summed E-state index contributed by atoms with van der Waals surface area (Å²) in [6, 6.07) is 6.82. The van der Waals surface area contributed by atoms with Gasteiger partial charge >= 0.3 is 0 Å². The molecule has 3 rings (SSSR count). The fourth-order valence-electron chi connectivity index (χ4n) is 4.97. The number of aromatic nitrogens is 2. The van der Waals surface area contributed by atoms with Gasteiger partial charge in [-0.1, -0.05) is 41.5 Å². The fraction of sp³-hybridized carbons (Fsp3) is 0.607. The zero-order chi connectivity index (χ0) is 26.5. The minimum Gasteiger partial charge on any atom is -0.464 e. The summed E-state index contributed by atoms with van der Waals surface area (Å²) in [5.74, 6) is 2.25. The summed E-state index contributed by atoms with van der Waals surface area (Å²) in [6.07, 6.45) is 6.07. The van der Waals surface area contributed by atoms with Crippen LogP contribution in [0.3, 0.4) is 0 Å². The van der Waals surface area contributed by atoms with E-state index >= 15 is 0 Å². The van der Waals surface area contributed by atoms with Crippen molar-refractivity contribution >= 4 is 21.0 Å². The van der Waals surface area contributed by atoms with Crippen LogP contribution in [-0.4, -0.2) is 59.4 Å². The molecule has 2 heterocycles. The molecule has 0 saturated carbocycles. The lowest BCUT2D eigenvalue weighted by atomic mass is 10.0. The molecule has 1 atom stereocenters. The first kappa shape index (κ1) is 28.4. The molecule has 1 aromatic carbocycles. The molecule has 2 aromatic heterocycles. The summed E-state index contributed by atoms with van der Waals surface area (Å²) in [6.45, 7) is 18.7. The van der Waals surface area contributed by atoms with Gasteiger partial charge in [0.05, 0.1) is 11.2 Å². The van der Waals surface area contributed by atoms with Crippen molar-refractivity contribution in [1.29, 1.82) is 0 Å². The molecule has 0 aliphatic heterocycles. The molecule has 0 saturated heterocycles. The first-order valence-electron chi connectivity index (χ1n) is 13.2. The van der Waals surface area contributed by atoms with Crippen LogP contribution in [0.15, 0.2) is 52.2 Å². The summed E-state index contributed by atoms with van der Waals surface area (Å²) in [5, 5.41) is 0.795. The van der Waals surface area contributed by atoms with Crippen LogP contribution in [0.25, 0.3) is 11.0 Å². The van der Waals surface area contributed by atoms with E-state index in [0.717, 1.165) is 30.7 Å². The minimum atomic E-state index is -3.75. The quantitative estimate of drug-likeness (QED) is 0.277. The van der Waals surface area contributed by atoms with Crippen LogP contribution < -0.4 is 0 Å². The molecule has 0 aliphatic carbocycles. The first-order chi connectivity index (χ1) is 17.0. The number of imidazole rings is 1. The summed E-state index contributed by atoms with van der Waals surface area (Å²) in [5.41, 5.74) is 0.688. The number of benzene rings is 1. The van der Waals surface area contributed by atoms with Crippen molar-refractivity contribution in [3.8, 4) is 0 Å². The Labute approximate surface area is 217 Å². The van der Waals surface area contributed by atoms with Gasteiger partial charge in [-0.25, -0.2) is 13.4 Å². The largest absolute Gasteiger partial charge is 0.464 e. The van der Waals surface area contributed by atoms with Crippen LogP contribution in [0.5, 0.6) is 0 Å². The maximum absolute atomic E-state index is 14.2. The van der Waals surface area contributed by atoms with E-state index in [-0.39, 0.29) is 6.04 Å². The van der Waals surface area contributed by atoms with Crippen molar-refractivity contribution in [2.75, 3.05) is 26.2 Å². The topological polar surface area (TPSA) is 71.6 Å². The van der Waals surface area contributed by atoms with Gasteiger partial charge in [-0.15, -0.1) is 0 Å². The van der Waals surface area contributed by atoms with Gasteiger partial charge in [-0.2, -0.15) is 4.31 Å². The Morgan fingerprint density at radius 2 is 1.67 bits per heavy atom. The summed E-state index contributed by atoms with van der Waals surface area (Å²) in [4.78, 5) is 7.09. The smallest absolute Gasteiger partial charge is 0.243 e. The third kappa shape index (κ3) is 7.43. The van der Waals surface area contributed by atoms with E-state index in [9.17, 15) is 8.42 Å². The number of sulfonamides is 1. The lowest BCUT2D eigenvalue weighted by molar-refractivity contribution is 0.153. The molecule has 0 unspecified atom stereocenters. The average molecular weight is 517 g/mol. The third-order valence-electron chi connectivity index (χ3n) is 6.38. The highest BCUT2D eigenvalue weighted by atomic mass is 32.2. The van der Waals surface area contributed by atoms with Gasteiger partial charge < -0.3 is 13.9 Å². The van der Waals surface area contributed by atoms with Gasteiger partial charge in [0.1, 0.15) is 11.4 Å². The Balaban J connectivity index is 2.01. The molecule has 0 spiro atoms. The van der Waals surface area contributed by atoms with Crippen LogP contribution in [0.1, 0.15) is 53.8 Å². The SMILES string of the molecule is Cc1nccn1CCN([C@@H](CC(C)C)CN(CC(C)C)CC(C)C)S(=O)(=O)c1ccc2occc2c1. The zero-order valence-corrected chi connectivity index (χ0v) is 23.8. The van der Waals surface area contributed by atoms with Gasteiger partial charge in [0.15, 0.2) is 0 Å². The van der Waals surface area contributed by atoms with Gasteiger partial charge in [0.25, 0.3) is 0 Å². The minimum absolute atomic E-state index is 0.142. The Hall–Kier alpha value is -2.16. The van der Waals surface area contributed by atoms with E-state index in [0.29, 0.717) is 47.9 Å². The predicted octanol–water partition coefficient (Wildman–Crippen LogP) is 5.66. The van der Waals surface area contributed by atoms with E-state index in [1.165, 1.54) is 0 Å². The first-order valence-corrected chi connectivity index (χ1v) is 14.6. The maximum Gasteiger partial charge on any atom is 0.243 e. The third-order valence-corrected chi connectivity index (χ3v) is 8.33. The molecule has 0 amide bonds. The van der Waals surface area contributed by atoms with Crippen molar-refractivity contribution in [2.45, 2.75) is 72.4 Å². The van der Waals surface area contributed by atoms with Crippen molar-refractivity contribution in [2.24, 2.45) is 17.8 Å². The van der Waals surface area contributed by atoms with E-state index in [1.54, 1.807) is 35.0 Å². The molecule has 0 bridgehead atoms. The standard InChI is InChI=1S/C28H44N4O3S/c1-21(2)16-26(20-30(18-22(3)4)19-23(5)6)32(14-13-31-12-11-29-24(31)7)36(33,34)27-8-9-28-25(17-27)10-15-35-28/h8-12,15,17,21-23,26H,13-14,16,18-20H2,1-7H3/t26-/m0/s1. The number of fused-ring (bicyclic) bond motifs is 1. The van der Waals surface area contributed by atoms with E-state index < -0.39 is 10.0 Å². The zero-order valence-electron chi connectivity index (χ0n) is 23.0. The Bertz CT molecular complexity index is 1190. The second-order valence-electron chi connectivity index (χ2n) is 11.2. The van der Waals surface area contributed by atoms with E-state index in [2.05, 4.69) is 51.4 Å². The molecule has 3 aromatic rings. The van der Waals surface area contributed by atoms with Crippen LogP contribution in [0.4, 0.5) is 0 Å². The predicted molar refractivity (Wildman–Crippen MR) is 146 cm³/mol. The molecule has 0 N–H and O–H groups in total. The van der Waals surface area contributed by atoms with Crippen LogP contribution in [-0.2, 0) is 16.6 Å². The lowest BCUT2D eigenvalue weighted by Gasteiger charge is -2.37. The number of hydrogen-bond donors (Lipinski definition) is 0. The van der Waals surface area contributed by atoms with Crippen molar-refractivity contribution in [3.63, 3.8) is 0 Å². The molecule has 0 fully saturated rings. The van der Waals surface area contributed by atoms with Crippen LogP contribution in [0, 0.1) is 24.7 Å². The molecular formula is C28H44N4O3S. The Kier molecular flexibility index (Phi) is 9.78. The van der Waals surface area contributed by atoms with E-state index in [4.69, 9.17) is 4.42 Å². The lowest BCUT2D eigenvalue weighted by Crippen LogP contribution is -2.49. The second-order valence-corrected chi connectivity index (χ2v) is 13.1. The average Bonchev–Trinajstić information content (AvgIpc) is 3.40. The second kappa shape index (κ2) is 12.4. The maximum atomic E-state index is 14.2. The highest BCUT2D eigenvalue weighted by Crippen LogP contribution is 2.27. The molecule has 200 valence electrons. The van der Waals surface area contributed by atoms with Crippen molar-refractivity contribution < 1.29 is 12.8 Å². The van der Waals surface area contributed by atoms with Crippen molar-refractivity contribution in [1.82, 2.24) is 18.8 Å². The number of rotatable bonds is 14. The van der Waals surface area contributed by atoms with Crippen molar-refractivity contribution in [3.05, 3.63) is 48.7 Å². The number of furan rings is 1. The monoisotopic (exact) mass is 516 g/mol. The van der Waals surface area contributed by atoms with Gasteiger partial charge in [-0.05, 0) is 55.4 Å². The Morgan fingerprint density at radius 3 is 2.25 bits per heavy atom. The van der Waals surface area contributed by atoms with Crippen LogP contribution >= 0.6 is 0 Å². The normalized spacial score (nSPS) is 13.8. The molecule has 7 nitrogen and oxygen atoms in total. The van der Waals surface area contributed by atoms with E-state index in [1.807, 2.05) is 23.8 Å². The van der Waals surface area contributed by atoms with Gasteiger partial charge in [0, 0.05) is 56.5 Å². The summed E-state index contributed by atoms with van der Waals surface area (Å²) < 4.78 is 37.7. The van der Waals surface area contributed by atoms with Crippen LogP contribution in [0.2, 0.25) is 0 Å². The number of hydrogen-bond acceptors (Lipinski definition) is 5. The highest BCUT2D eigenvalue weighted by Gasteiger charge is 2.33. The number of nitrogens with zero attached hydrogens (tertiary/aromatic N) is 4.